The van der Waals surface area contributed by atoms with Crippen LogP contribution in [0.4, 0.5) is 17.2 Å². The first-order chi connectivity index (χ1) is 12.0. The average Bonchev–Trinajstić information content (AvgIpc) is 2.60. The van der Waals surface area contributed by atoms with Crippen molar-refractivity contribution in [1.29, 1.82) is 0 Å². The number of carbonyl (C=O) groups excluding carboxylic acids is 1. The Hall–Kier alpha value is -2.85. The molecule has 2 N–H and O–H groups in total. The van der Waals surface area contributed by atoms with Crippen LogP contribution in [0.25, 0.3) is 0 Å². The number of nitrogens with one attached hydrogen (secondary N) is 2. The summed E-state index contributed by atoms with van der Waals surface area (Å²) in [4.78, 5) is 16.6. The summed E-state index contributed by atoms with van der Waals surface area (Å²) in [6, 6.07) is 16.7. The van der Waals surface area contributed by atoms with Gasteiger partial charge < -0.3 is 10.6 Å². The number of benzene rings is 2. The molecule has 0 unspecified atom stereocenters. The highest BCUT2D eigenvalue weighted by molar-refractivity contribution is 6.34. The summed E-state index contributed by atoms with van der Waals surface area (Å²) in [5, 5.41) is 6.46. The van der Waals surface area contributed by atoms with E-state index in [9.17, 15) is 4.79 Å². The number of aryl methyl sites for hydroxylation is 2. The first kappa shape index (κ1) is 17.0. The minimum atomic E-state index is -0.262. The van der Waals surface area contributed by atoms with Crippen LogP contribution >= 0.6 is 11.6 Å². The maximum atomic E-state index is 12.2. The fourth-order valence-corrected chi connectivity index (χ4v) is 2.57. The van der Waals surface area contributed by atoms with Gasteiger partial charge >= 0.3 is 0 Å². The largest absolute Gasteiger partial charge is 0.340 e. The Bertz CT molecular complexity index is 907. The topological polar surface area (TPSA) is 54.0 Å². The van der Waals surface area contributed by atoms with Crippen LogP contribution in [0.5, 0.6) is 0 Å². The van der Waals surface area contributed by atoms with Gasteiger partial charge in [-0.3, -0.25) is 4.79 Å². The molecule has 4 nitrogen and oxygen atoms in total. The van der Waals surface area contributed by atoms with Gasteiger partial charge in [0.25, 0.3) is 5.91 Å². The quantitative estimate of drug-likeness (QED) is 0.666. The van der Waals surface area contributed by atoms with Gasteiger partial charge in [0.2, 0.25) is 0 Å². The minimum absolute atomic E-state index is 0.262. The lowest BCUT2D eigenvalue weighted by Crippen LogP contribution is -2.12. The zero-order valence-electron chi connectivity index (χ0n) is 14.0. The number of amides is 1. The molecule has 0 saturated carbocycles. The molecular weight excluding hydrogens is 334 g/mol. The van der Waals surface area contributed by atoms with Crippen LogP contribution in [0.1, 0.15) is 21.5 Å². The van der Waals surface area contributed by atoms with Crippen molar-refractivity contribution < 1.29 is 4.79 Å². The smallest absolute Gasteiger partial charge is 0.257 e. The first-order valence-electron chi connectivity index (χ1n) is 7.89. The number of rotatable bonds is 4. The molecule has 5 heteroatoms. The Kier molecular flexibility index (Phi) is 5.00. The molecule has 0 spiro atoms. The molecular formula is C20H18ClN3O. The highest BCUT2D eigenvalue weighted by Crippen LogP contribution is 2.20. The van der Waals surface area contributed by atoms with Crippen molar-refractivity contribution in [3.63, 3.8) is 0 Å². The SMILES string of the molecule is Cc1ccc(Nc2ccc(NC(=O)c3ccccc3Cl)cn2)cc1C. The van der Waals surface area contributed by atoms with Gasteiger partial charge in [-0.25, -0.2) is 4.98 Å². The lowest BCUT2D eigenvalue weighted by atomic mass is 10.1. The van der Waals surface area contributed by atoms with Crippen LogP contribution in [-0.2, 0) is 0 Å². The summed E-state index contributed by atoms with van der Waals surface area (Å²) in [6.45, 7) is 4.15. The summed E-state index contributed by atoms with van der Waals surface area (Å²) in [5.41, 5.74) is 4.48. The van der Waals surface area contributed by atoms with E-state index in [0.717, 1.165) is 5.69 Å². The van der Waals surface area contributed by atoms with Crippen molar-refractivity contribution >= 4 is 34.7 Å². The number of anilines is 3. The Morgan fingerprint density at radius 2 is 1.72 bits per heavy atom. The number of nitrogens with zero attached hydrogens (tertiary/aromatic N) is 1. The monoisotopic (exact) mass is 351 g/mol. The molecule has 0 saturated heterocycles. The van der Waals surface area contributed by atoms with Crippen LogP contribution in [0.2, 0.25) is 5.02 Å². The first-order valence-corrected chi connectivity index (χ1v) is 8.27. The lowest BCUT2D eigenvalue weighted by Gasteiger charge is -2.10. The van der Waals surface area contributed by atoms with Crippen molar-refractivity contribution in [3.05, 3.63) is 82.5 Å². The van der Waals surface area contributed by atoms with Gasteiger partial charge in [0.15, 0.2) is 0 Å². The highest BCUT2D eigenvalue weighted by atomic mass is 35.5. The van der Waals surface area contributed by atoms with Gasteiger partial charge in [-0.2, -0.15) is 0 Å². The molecule has 0 bridgehead atoms. The minimum Gasteiger partial charge on any atom is -0.340 e. The molecule has 1 amide bonds. The van der Waals surface area contributed by atoms with Crippen molar-refractivity contribution in [1.82, 2.24) is 4.98 Å². The van der Waals surface area contributed by atoms with E-state index in [0.29, 0.717) is 22.1 Å². The number of hydrogen-bond acceptors (Lipinski definition) is 3. The van der Waals surface area contributed by atoms with E-state index in [4.69, 9.17) is 11.6 Å². The molecule has 126 valence electrons. The van der Waals surface area contributed by atoms with Crippen LogP contribution in [-0.4, -0.2) is 10.9 Å². The van der Waals surface area contributed by atoms with Crippen LogP contribution in [0.15, 0.2) is 60.8 Å². The fourth-order valence-electron chi connectivity index (χ4n) is 2.35. The van der Waals surface area contributed by atoms with E-state index in [-0.39, 0.29) is 5.91 Å². The summed E-state index contributed by atoms with van der Waals surface area (Å²) >= 11 is 6.04. The Labute approximate surface area is 151 Å². The predicted octanol–water partition coefficient (Wildman–Crippen LogP) is 5.35. The molecule has 0 atom stereocenters. The predicted molar refractivity (Wildman–Crippen MR) is 103 cm³/mol. The molecule has 2 aromatic carbocycles. The molecule has 1 heterocycles. The van der Waals surface area contributed by atoms with Crippen molar-refractivity contribution in [2.24, 2.45) is 0 Å². The zero-order valence-corrected chi connectivity index (χ0v) is 14.8. The van der Waals surface area contributed by atoms with Crippen molar-refractivity contribution in [2.45, 2.75) is 13.8 Å². The summed E-state index contributed by atoms with van der Waals surface area (Å²) in [5.74, 6) is 0.446. The molecule has 0 radical (unpaired) electrons. The second-order valence-electron chi connectivity index (χ2n) is 5.79. The van der Waals surface area contributed by atoms with Crippen LogP contribution in [0.3, 0.4) is 0 Å². The number of carbonyl (C=O) groups is 1. The van der Waals surface area contributed by atoms with Gasteiger partial charge in [0.1, 0.15) is 5.82 Å². The maximum absolute atomic E-state index is 12.2. The van der Waals surface area contributed by atoms with E-state index in [1.54, 1.807) is 36.5 Å². The third kappa shape index (κ3) is 4.17. The van der Waals surface area contributed by atoms with Gasteiger partial charge in [-0.15, -0.1) is 0 Å². The van der Waals surface area contributed by atoms with Crippen LogP contribution < -0.4 is 10.6 Å². The Morgan fingerprint density at radius 3 is 2.40 bits per heavy atom. The van der Waals surface area contributed by atoms with E-state index in [1.807, 2.05) is 12.1 Å². The van der Waals surface area contributed by atoms with E-state index in [1.165, 1.54) is 11.1 Å². The summed E-state index contributed by atoms with van der Waals surface area (Å²) in [7, 11) is 0. The van der Waals surface area contributed by atoms with Gasteiger partial charge in [0, 0.05) is 5.69 Å². The summed E-state index contributed by atoms with van der Waals surface area (Å²) in [6.07, 6.45) is 1.61. The van der Waals surface area contributed by atoms with Gasteiger partial charge in [-0.1, -0.05) is 29.8 Å². The normalized spacial score (nSPS) is 10.4. The van der Waals surface area contributed by atoms with E-state index >= 15 is 0 Å². The van der Waals surface area contributed by atoms with Crippen molar-refractivity contribution in [3.8, 4) is 0 Å². The highest BCUT2D eigenvalue weighted by Gasteiger charge is 2.10. The number of pyridine rings is 1. The number of hydrogen-bond donors (Lipinski definition) is 2. The molecule has 3 aromatic rings. The zero-order chi connectivity index (χ0) is 17.8. The van der Waals surface area contributed by atoms with E-state index < -0.39 is 0 Å². The second kappa shape index (κ2) is 7.36. The molecule has 1 aromatic heterocycles. The van der Waals surface area contributed by atoms with E-state index in [2.05, 4.69) is 41.6 Å². The van der Waals surface area contributed by atoms with Crippen LogP contribution in [0, 0.1) is 13.8 Å². The molecule has 0 aliphatic carbocycles. The fraction of sp³-hybridized carbons (Fsp3) is 0.100. The molecule has 0 aliphatic rings. The molecule has 3 rings (SSSR count). The van der Waals surface area contributed by atoms with Crippen molar-refractivity contribution in [2.75, 3.05) is 10.6 Å². The Morgan fingerprint density at radius 1 is 0.960 bits per heavy atom. The molecule has 0 aliphatic heterocycles. The Balaban J connectivity index is 1.69. The van der Waals surface area contributed by atoms with Gasteiger partial charge in [-0.05, 0) is 61.4 Å². The van der Waals surface area contributed by atoms with Gasteiger partial charge in [0.05, 0.1) is 22.5 Å². The summed E-state index contributed by atoms with van der Waals surface area (Å²) < 4.78 is 0. The number of halogens is 1. The molecule has 25 heavy (non-hydrogen) atoms. The second-order valence-corrected chi connectivity index (χ2v) is 6.20. The third-order valence-corrected chi connectivity index (χ3v) is 4.25. The maximum Gasteiger partial charge on any atom is 0.257 e. The number of aromatic nitrogens is 1. The third-order valence-electron chi connectivity index (χ3n) is 3.92. The standard InChI is InChI=1S/C20H18ClN3O/c1-13-7-8-15(11-14(13)2)23-19-10-9-16(12-22-19)24-20(25)17-5-3-4-6-18(17)21/h3-12H,1-2H3,(H,22,23)(H,24,25). The molecule has 0 fully saturated rings. The average molecular weight is 352 g/mol. The lowest BCUT2D eigenvalue weighted by molar-refractivity contribution is 0.102.